The minimum Gasteiger partial charge on any atom is -0.465 e. The Balaban J connectivity index is 5.60. The number of rotatable bonds is 3. The standard InChI is InChI=1S/C10H19N3O4S/c1-7(2)8(3)11-9(12(4)10(14)15)13(5)18(6,16)17/h7H,3H2,1-2,4-6H3,(H,14,15)/b11-9+. The Morgan fingerprint density at radius 3 is 2.06 bits per heavy atom. The monoisotopic (exact) mass is 277 g/mol. The summed E-state index contributed by atoms with van der Waals surface area (Å²) in [5.74, 6) is -0.223. The number of sulfonamides is 1. The molecule has 0 saturated carbocycles. The molecule has 0 radical (unpaired) electrons. The summed E-state index contributed by atoms with van der Waals surface area (Å²) in [5.41, 5.74) is 0.397. The molecule has 0 saturated heterocycles. The molecular formula is C10H19N3O4S. The van der Waals surface area contributed by atoms with Gasteiger partial charge < -0.3 is 5.11 Å². The normalized spacial score (nSPS) is 12.4. The van der Waals surface area contributed by atoms with E-state index >= 15 is 0 Å². The first-order valence-corrected chi connectivity index (χ1v) is 7.01. The van der Waals surface area contributed by atoms with Gasteiger partial charge in [0, 0.05) is 19.8 Å². The highest BCUT2D eigenvalue weighted by Crippen LogP contribution is 2.11. The molecule has 7 nitrogen and oxygen atoms in total. The van der Waals surface area contributed by atoms with Gasteiger partial charge in [0.15, 0.2) is 0 Å². The van der Waals surface area contributed by atoms with Crippen LogP contribution in [0.3, 0.4) is 0 Å². The van der Waals surface area contributed by atoms with E-state index < -0.39 is 16.1 Å². The summed E-state index contributed by atoms with van der Waals surface area (Å²) in [6.45, 7) is 7.32. The maximum atomic E-state index is 11.4. The number of carboxylic acid groups (broad SMARTS) is 1. The van der Waals surface area contributed by atoms with E-state index in [1.807, 2.05) is 13.8 Å². The number of guanidine groups is 1. The molecule has 0 bridgehead atoms. The van der Waals surface area contributed by atoms with E-state index in [-0.39, 0.29) is 11.9 Å². The van der Waals surface area contributed by atoms with Crippen molar-refractivity contribution in [2.45, 2.75) is 13.8 Å². The fourth-order valence-electron chi connectivity index (χ4n) is 0.848. The van der Waals surface area contributed by atoms with Crippen molar-refractivity contribution in [2.24, 2.45) is 10.9 Å². The Morgan fingerprint density at radius 1 is 1.33 bits per heavy atom. The van der Waals surface area contributed by atoms with Crippen molar-refractivity contribution in [3.05, 3.63) is 12.3 Å². The van der Waals surface area contributed by atoms with Crippen molar-refractivity contribution in [3.63, 3.8) is 0 Å². The van der Waals surface area contributed by atoms with Gasteiger partial charge in [-0.1, -0.05) is 20.4 Å². The molecule has 1 N–H and O–H groups in total. The molecule has 0 aromatic heterocycles. The first kappa shape index (κ1) is 16.4. The van der Waals surface area contributed by atoms with Crippen molar-refractivity contribution in [2.75, 3.05) is 20.4 Å². The molecule has 0 spiro atoms. The number of hydrogen-bond acceptors (Lipinski definition) is 4. The number of nitrogens with zero attached hydrogens (tertiary/aromatic N) is 3. The lowest BCUT2D eigenvalue weighted by molar-refractivity contribution is 0.173. The highest BCUT2D eigenvalue weighted by Gasteiger charge is 2.24. The van der Waals surface area contributed by atoms with E-state index in [1.165, 1.54) is 14.1 Å². The predicted molar refractivity (Wildman–Crippen MR) is 69.8 cm³/mol. The Bertz CT molecular complexity index is 468. The van der Waals surface area contributed by atoms with Gasteiger partial charge in [0.05, 0.1) is 6.26 Å². The van der Waals surface area contributed by atoms with E-state index in [9.17, 15) is 13.2 Å². The third kappa shape index (κ3) is 4.36. The lowest BCUT2D eigenvalue weighted by atomic mass is 10.2. The molecule has 0 heterocycles. The van der Waals surface area contributed by atoms with Gasteiger partial charge in [-0.3, -0.25) is 0 Å². The molecule has 0 aromatic rings. The molecular weight excluding hydrogens is 258 g/mol. The van der Waals surface area contributed by atoms with Crippen molar-refractivity contribution in [3.8, 4) is 0 Å². The Labute approximate surface area is 107 Å². The summed E-state index contributed by atoms with van der Waals surface area (Å²) in [6, 6.07) is 0. The summed E-state index contributed by atoms with van der Waals surface area (Å²) < 4.78 is 23.7. The van der Waals surface area contributed by atoms with E-state index in [1.54, 1.807) is 0 Å². The Kier molecular flexibility index (Phi) is 5.34. The molecule has 0 aliphatic heterocycles. The zero-order valence-corrected chi connectivity index (χ0v) is 12.0. The summed E-state index contributed by atoms with van der Waals surface area (Å²) >= 11 is 0. The molecule has 8 heteroatoms. The molecule has 0 aliphatic carbocycles. The predicted octanol–water partition coefficient (Wildman–Crippen LogP) is 1.01. The fourth-order valence-corrected chi connectivity index (χ4v) is 1.31. The molecule has 0 aromatic carbocycles. The number of amides is 1. The highest BCUT2D eigenvalue weighted by molar-refractivity contribution is 7.88. The number of allylic oxidation sites excluding steroid dienone is 1. The van der Waals surface area contributed by atoms with Gasteiger partial charge in [-0.2, -0.15) is 0 Å². The Morgan fingerprint density at radius 2 is 1.78 bits per heavy atom. The number of aliphatic imine (C=N–C) groups is 1. The first-order chi connectivity index (χ1) is 7.98. The van der Waals surface area contributed by atoms with Crippen LogP contribution in [-0.2, 0) is 10.0 Å². The quantitative estimate of drug-likeness (QED) is 0.616. The molecule has 0 unspecified atom stereocenters. The van der Waals surface area contributed by atoms with E-state index in [2.05, 4.69) is 11.6 Å². The summed E-state index contributed by atoms with van der Waals surface area (Å²) in [7, 11) is -1.14. The smallest absolute Gasteiger partial charge is 0.413 e. The van der Waals surface area contributed by atoms with Crippen LogP contribution in [0.2, 0.25) is 0 Å². The summed E-state index contributed by atoms with van der Waals surface area (Å²) in [5, 5.41) is 8.91. The minimum absolute atomic E-state index is 0.0184. The SMILES string of the molecule is C=C(/N=C(\N(C)C(=O)O)N(C)S(C)(=O)=O)C(C)C. The van der Waals surface area contributed by atoms with Gasteiger partial charge in [-0.25, -0.2) is 27.4 Å². The zero-order chi connectivity index (χ0) is 14.7. The third-order valence-electron chi connectivity index (χ3n) is 2.28. The van der Waals surface area contributed by atoms with Crippen LogP contribution < -0.4 is 0 Å². The Hall–Kier alpha value is -1.57. The lowest BCUT2D eigenvalue weighted by Crippen LogP contribution is -2.45. The van der Waals surface area contributed by atoms with Crippen molar-refractivity contribution < 1.29 is 18.3 Å². The molecule has 18 heavy (non-hydrogen) atoms. The third-order valence-corrected chi connectivity index (χ3v) is 3.43. The molecule has 104 valence electrons. The summed E-state index contributed by atoms with van der Waals surface area (Å²) in [4.78, 5) is 15.6. The van der Waals surface area contributed by atoms with Crippen molar-refractivity contribution >= 4 is 22.1 Å². The van der Waals surface area contributed by atoms with Crippen LogP contribution in [0.4, 0.5) is 4.79 Å². The molecule has 0 atom stereocenters. The fraction of sp³-hybridized carbons (Fsp3) is 0.600. The summed E-state index contributed by atoms with van der Waals surface area (Å²) in [6.07, 6.45) is -0.336. The number of carbonyl (C=O) groups is 1. The molecule has 0 aliphatic rings. The zero-order valence-electron chi connectivity index (χ0n) is 11.2. The van der Waals surface area contributed by atoms with Gasteiger partial charge in [-0.15, -0.1) is 0 Å². The molecule has 0 rings (SSSR count). The van der Waals surface area contributed by atoms with Gasteiger partial charge in [0.2, 0.25) is 16.0 Å². The van der Waals surface area contributed by atoms with Crippen molar-refractivity contribution in [1.29, 1.82) is 0 Å². The lowest BCUT2D eigenvalue weighted by Gasteiger charge is -2.24. The number of hydrogen-bond donors (Lipinski definition) is 1. The molecule has 0 fully saturated rings. The van der Waals surface area contributed by atoms with Crippen LogP contribution in [0.25, 0.3) is 0 Å². The van der Waals surface area contributed by atoms with Crippen LogP contribution >= 0.6 is 0 Å². The van der Waals surface area contributed by atoms with Gasteiger partial charge in [0.25, 0.3) is 0 Å². The van der Waals surface area contributed by atoms with Crippen LogP contribution in [0.15, 0.2) is 17.3 Å². The average molecular weight is 277 g/mol. The second-order valence-corrected chi connectivity index (χ2v) is 6.14. The molecule has 1 amide bonds. The van der Waals surface area contributed by atoms with Crippen LogP contribution in [0, 0.1) is 5.92 Å². The van der Waals surface area contributed by atoms with E-state index in [0.717, 1.165) is 15.5 Å². The average Bonchev–Trinajstić information content (AvgIpc) is 2.21. The van der Waals surface area contributed by atoms with Gasteiger partial charge >= 0.3 is 6.09 Å². The van der Waals surface area contributed by atoms with Gasteiger partial charge in [0.1, 0.15) is 0 Å². The van der Waals surface area contributed by atoms with Crippen molar-refractivity contribution in [1.82, 2.24) is 9.21 Å². The second-order valence-electron chi connectivity index (χ2n) is 4.13. The van der Waals surface area contributed by atoms with Gasteiger partial charge in [-0.05, 0) is 5.92 Å². The van der Waals surface area contributed by atoms with Crippen LogP contribution in [0.1, 0.15) is 13.8 Å². The van der Waals surface area contributed by atoms with Crippen LogP contribution in [-0.4, -0.2) is 55.1 Å². The maximum absolute atomic E-state index is 11.4. The maximum Gasteiger partial charge on any atom is 0.413 e. The highest BCUT2D eigenvalue weighted by atomic mass is 32.2. The van der Waals surface area contributed by atoms with E-state index in [0.29, 0.717) is 5.70 Å². The first-order valence-electron chi connectivity index (χ1n) is 5.16. The van der Waals surface area contributed by atoms with E-state index in [4.69, 9.17) is 5.11 Å². The minimum atomic E-state index is -3.60. The largest absolute Gasteiger partial charge is 0.465 e. The van der Waals surface area contributed by atoms with Crippen LogP contribution in [0.5, 0.6) is 0 Å². The second kappa shape index (κ2) is 5.85. The topological polar surface area (TPSA) is 90.3 Å².